The maximum atomic E-state index is 4.47. The summed E-state index contributed by atoms with van der Waals surface area (Å²) >= 11 is 0. The minimum absolute atomic E-state index is 0.860. The standard InChI is InChI=1S/C14H25N5/c1-3-5-18-6-8-19(9-7-18)12-13-10-17-14(11-16-13)15-4-2/h10-11H,3-9,12H2,1-2H3,(H,15,17). The molecular weight excluding hydrogens is 238 g/mol. The Kier molecular flexibility index (Phi) is 5.54. The molecule has 1 aromatic rings. The largest absolute Gasteiger partial charge is 0.369 e. The number of hydrogen-bond acceptors (Lipinski definition) is 5. The predicted octanol–water partition coefficient (Wildman–Crippen LogP) is 1.44. The molecule has 0 unspecified atom stereocenters. The summed E-state index contributed by atoms with van der Waals surface area (Å²) in [7, 11) is 0. The second-order valence-corrected chi connectivity index (χ2v) is 5.04. The van der Waals surface area contributed by atoms with Crippen LogP contribution in [0.4, 0.5) is 5.82 Å². The van der Waals surface area contributed by atoms with E-state index in [1.165, 1.54) is 26.1 Å². The summed E-state index contributed by atoms with van der Waals surface area (Å²) < 4.78 is 0. The molecule has 0 aromatic carbocycles. The summed E-state index contributed by atoms with van der Waals surface area (Å²) in [6.45, 7) is 12.0. The molecule has 0 radical (unpaired) electrons. The Morgan fingerprint density at radius 2 is 1.79 bits per heavy atom. The van der Waals surface area contributed by atoms with Gasteiger partial charge in [-0.3, -0.25) is 9.88 Å². The summed E-state index contributed by atoms with van der Waals surface area (Å²) in [5, 5.41) is 3.16. The number of hydrogen-bond donors (Lipinski definition) is 1. The van der Waals surface area contributed by atoms with Crippen molar-refractivity contribution in [2.24, 2.45) is 0 Å². The van der Waals surface area contributed by atoms with Crippen LogP contribution in [0.5, 0.6) is 0 Å². The predicted molar refractivity (Wildman–Crippen MR) is 78.2 cm³/mol. The normalized spacial score (nSPS) is 17.6. The van der Waals surface area contributed by atoms with Gasteiger partial charge in [0, 0.05) is 39.3 Å². The second-order valence-electron chi connectivity index (χ2n) is 5.04. The van der Waals surface area contributed by atoms with Crippen molar-refractivity contribution in [3.63, 3.8) is 0 Å². The third-order valence-electron chi connectivity index (χ3n) is 3.45. The van der Waals surface area contributed by atoms with Crippen LogP contribution in [0, 0.1) is 0 Å². The summed E-state index contributed by atoms with van der Waals surface area (Å²) in [5.41, 5.74) is 1.06. The van der Waals surface area contributed by atoms with E-state index in [2.05, 4.69) is 38.9 Å². The van der Waals surface area contributed by atoms with Gasteiger partial charge in [-0.2, -0.15) is 0 Å². The van der Waals surface area contributed by atoms with Crippen LogP contribution in [-0.4, -0.2) is 59.0 Å². The van der Waals surface area contributed by atoms with Crippen molar-refractivity contribution in [2.75, 3.05) is 44.6 Å². The van der Waals surface area contributed by atoms with Crippen molar-refractivity contribution in [1.29, 1.82) is 0 Å². The molecular formula is C14H25N5. The van der Waals surface area contributed by atoms with Crippen LogP contribution < -0.4 is 5.32 Å². The first-order valence-corrected chi connectivity index (χ1v) is 7.31. The summed E-state index contributed by atoms with van der Waals surface area (Å²) in [5.74, 6) is 0.860. The third-order valence-corrected chi connectivity index (χ3v) is 3.45. The van der Waals surface area contributed by atoms with Crippen LogP contribution in [0.2, 0.25) is 0 Å². The molecule has 0 amide bonds. The van der Waals surface area contributed by atoms with E-state index in [4.69, 9.17) is 0 Å². The number of aromatic nitrogens is 2. The molecule has 0 bridgehead atoms. The number of nitrogens with one attached hydrogen (secondary N) is 1. The molecule has 1 N–H and O–H groups in total. The highest BCUT2D eigenvalue weighted by atomic mass is 15.3. The zero-order valence-electron chi connectivity index (χ0n) is 12.1. The number of nitrogens with zero attached hydrogens (tertiary/aromatic N) is 4. The van der Waals surface area contributed by atoms with Crippen molar-refractivity contribution in [1.82, 2.24) is 19.8 Å². The first-order valence-electron chi connectivity index (χ1n) is 7.31. The zero-order valence-corrected chi connectivity index (χ0v) is 12.1. The van der Waals surface area contributed by atoms with Gasteiger partial charge in [0.2, 0.25) is 0 Å². The molecule has 5 nitrogen and oxygen atoms in total. The van der Waals surface area contributed by atoms with Crippen LogP contribution in [0.15, 0.2) is 12.4 Å². The molecule has 0 spiro atoms. The molecule has 0 aliphatic carbocycles. The molecule has 1 fully saturated rings. The Balaban J connectivity index is 1.78. The van der Waals surface area contributed by atoms with E-state index in [-0.39, 0.29) is 0 Å². The first-order chi connectivity index (χ1) is 9.31. The quantitative estimate of drug-likeness (QED) is 0.841. The van der Waals surface area contributed by atoms with Crippen molar-refractivity contribution in [3.8, 4) is 0 Å². The van der Waals surface area contributed by atoms with Gasteiger partial charge in [-0.15, -0.1) is 0 Å². The highest BCUT2D eigenvalue weighted by molar-refractivity contribution is 5.30. The molecule has 19 heavy (non-hydrogen) atoms. The van der Waals surface area contributed by atoms with Crippen LogP contribution in [0.1, 0.15) is 26.0 Å². The first kappa shape index (κ1) is 14.2. The summed E-state index contributed by atoms with van der Waals surface area (Å²) in [6.07, 6.45) is 4.96. The van der Waals surface area contributed by atoms with Crippen LogP contribution >= 0.6 is 0 Å². The highest BCUT2D eigenvalue weighted by Gasteiger charge is 2.16. The molecule has 1 aliphatic heterocycles. The van der Waals surface area contributed by atoms with Crippen LogP contribution in [0.3, 0.4) is 0 Å². The number of anilines is 1. The Labute approximate surface area is 116 Å². The van der Waals surface area contributed by atoms with Gasteiger partial charge in [0.15, 0.2) is 0 Å². The van der Waals surface area contributed by atoms with E-state index in [1.54, 1.807) is 0 Å². The van der Waals surface area contributed by atoms with Crippen molar-refractivity contribution in [2.45, 2.75) is 26.8 Å². The van der Waals surface area contributed by atoms with Gasteiger partial charge in [-0.05, 0) is 19.9 Å². The molecule has 2 rings (SSSR count). The Morgan fingerprint density at radius 3 is 2.37 bits per heavy atom. The lowest BCUT2D eigenvalue weighted by atomic mass is 10.3. The molecule has 106 valence electrons. The minimum atomic E-state index is 0.860. The topological polar surface area (TPSA) is 44.3 Å². The maximum absolute atomic E-state index is 4.47. The van der Waals surface area contributed by atoms with Crippen LogP contribution in [-0.2, 0) is 6.54 Å². The van der Waals surface area contributed by atoms with Crippen LogP contribution in [0.25, 0.3) is 0 Å². The fraction of sp³-hybridized carbons (Fsp3) is 0.714. The van der Waals surface area contributed by atoms with Crippen molar-refractivity contribution >= 4 is 5.82 Å². The van der Waals surface area contributed by atoms with Gasteiger partial charge in [0.05, 0.1) is 18.1 Å². The molecule has 1 aromatic heterocycles. The minimum Gasteiger partial charge on any atom is -0.369 e. The third kappa shape index (κ3) is 4.44. The lowest BCUT2D eigenvalue weighted by molar-refractivity contribution is 0.126. The van der Waals surface area contributed by atoms with Gasteiger partial charge in [0.25, 0.3) is 0 Å². The zero-order chi connectivity index (χ0) is 13.5. The lowest BCUT2D eigenvalue weighted by Crippen LogP contribution is -2.46. The Morgan fingerprint density at radius 1 is 1.05 bits per heavy atom. The Bertz CT molecular complexity index is 357. The second kappa shape index (κ2) is 7.40. The molecule has 5 heteroatoms. The van der Waals surface area contributed by atoms with Crippen molar-refractivity contribution in [3.05, 3.63) is 18.1 Å². The number of piperazine rings is 1. The number of rotatable bonds is 6. The van der Waals surface area contributed by atoms with Gasteiger partial charge < -0.3 is 10.2 Å². The van der Waals surface area contributed by atoms with Gasteiger partial charge >= 0.3 is 0 Å². The lowest BCUT2D eigenvalue weighted by Gasteiger charge is -2.34. The van der Waals surface area contributed by atoms with Gasteiger partial charge in [-0.25, -0.2) is 4.98 Å². The van der Waals surface area contributed by atoms with E-state index in [0.717, 1.165) is 37.7 Å². The maximum Gasteiger partial charge on any atom is 0.144 e. The fourth-order valence-corrected chi connectivity index (χ4v) is 2.43. The van der Waals surface area contributed by atoms with E-state index in [1.807, 2.05) is 12.4 Å². The highest BCUT2D eigenvalue weighted by Crippen LogP contribution is 2.08. The molecule has 1 aliphatic rings. The van der Waals surface area contributed by atoms with E-state index in [0.29, 0.717) is 0 Å². The molecule has 0 atom stereocenters. The van der Waals surface area contributed by atoms with Crippen molar-refractivity contribution < 1.29 is 0 Å². The molecule has 2 heterocycles. The molecule has 0 saturated carbocycles. The SMILES string of the molecule is CCCN1CCN(Cc2cnc(NCC)cn2)CC1. The van der Waals surface area contributed by atoms with E-state index in [9.17, 15) is 0 Å². The Hall–Kier alpha value is -1.20. The summed E-state index contributed by atoms with van der Waals surface area (Å²) in [6, 6.07) is 0. The average molecular weight is 263 g/mol. The fourth-order valence-electron chi connectivity index (χ4n) is 2.43. The monoisotopic (exact) mass is 263 g/mol. The summed E-state index contributed by atoms with van der Waals surface area (Å²) in [4.78, 5) is 13.8. The molecule has 1 saturated heterocycles. The van der Waals surface area contributed by atoms with Gasteiger partial charge in [0.1, 0.15) is 5.82 Å². The van der Waals surface area contributed by atoms with E-state index < -0.39 is 0 Å². The van der Waals surface area contributed by atoms with Gasteiger partial charge in [-0.1, -0.05) is 6.92 Å². The average Bonchev–Trinajstić information content (AvgIpc) is 2.44. The van der Waals surface area contributed by atoms with E-state index >= 15 is 0 Å². The smallest absolute Gasteiger partial charge is 0.144 e.